The van der Waals surface area contributed by atoms with Gasteiger partial charge in [-0.2, -0.15) is 9.13 Å². The summed E-state index contributed by atoms with van der Waals surface area (Å²) in [6.07, 6.45) is -2.96. The molecule has 2 N–H and O–H groups in total. The van der Waals surface area contributed by atoms with E-state index in [1.165, 1.54) is 30.4 Å². The smallest absolute Gasteiger partial charge is 0.423 e. The quantitative estimate of drug-likeness (QED) is 0.149. The summed E-state index contributed by atoms with van der Waals surface area (Å²) in [5.74, 6) is -3.85. The van der Waals surface area contributed by atoms with Crippen LogP contribution in [0.15, 0.2) is 48.3 Å². The van der Waals surface area contributed by atoms with Crippen LogP contribution in [0.1, 0.15) is 44.5 Å². The molecule has 1 aliphatic rings. The van der Waals surface area contributed by atoms with E-state index in [0.29, 0.717) is 9.13 Å². The van der Waals surface area contributed by atoms with Crippen LogP contribution in [0.25, 0.3) is 11.0 Å². The molecule has 0 spiro atoms. The standard InChI is InChI=1S/C30H39N3O11Si/c1-9-13-42-28(40)32-19-12-11-18(15-20(19)33(27(32)39)29(41)43-14-10-2)22(34)16-21-23(24(35)31(21)25(36)26(37)38)17(3)44-45(7,8)30(4,5)6/h9-12,15,17,21,23,25,36H,1-2,13-14,16H2,3-8H3,(H,37,38)/t17-,21-,23-,25?/m1/s1. The van der Waals surface area contributed by atoms with Crippen LogP contribution < -0.4 is 5.69 Å². The van der Waals surface area contributed by atoms with Crippen molar-refractivity contribution in [3.8, 4) is 0 Å². The predicted octanol–water partition coefficient (Wildman–Crippen LogP) is 3.36. The molecule has 0 saturated carbocycles. The number of carbonyl (C=O) groups excluding carboxylic acids is 4. The maximum Gasteiger partial charge on any atom is 0.423 e. The third-order valence-electron chi connectivity index (χ3n) is 8.16. The lowest BCUT2D eigenvalue weighted by molar-refractivity contribution is -0.193. The van der Waals surface area contributed by atoms with E-state index in [1.807, 2.05) is 33.9 Å². The number of nitrogens with zero attached hydrogens (tertiary/aromatic N) is 3. The second kappa shape index (κ2) is 13.3. The molecule has 4 atom stereocenters. The molecule has 2 aromatic rings. The van der Waals surface area contributed by atoms with E-state index in [4.69, 9.17) is 13.9 Å². The van der Waals surface area contributed by atoms with Gasteiger partial charge in [0.25, 0.3) is 0 Å². The zero-order valence-corrected chi connectivity index (χ0v) is 27.1. The second-order valence-corrected chi connectivity index (χ2v) is 16.9. The number of Topliss-reactive ketones (excluding diaryl/α,β-unsaturated/α-hetero) is 1. The minimum absolute atomic E-state index is 0.0230. The number of rotatable bonds is 12. The van der Waals surface area contributed by atoms with Crippen LogP contribution in [0.2, 0.25) is 18.1 Å². The average molecular weight is 646 g/mol. The van der Waals surface area contributed by atoms with E-state index in [9.17, 15) is 39.0 Å². The normalized spacial score (nSPS) is 18.1. The Bertz CT molecular complexity index is 1600. The average Bonchev–Trinajstić information content (AvgIpc) is 3.24. The minimum Gasteiger partial charge on any atom is -0.478 e. The number of amides is 1. The molecule has 244 valence electrons. The van der Waals surface area contributed by atoms with Crippen molar-refractivity contribution in [1.82, 2.24) is 14.0 Å². The minimum atomic E-state index is -2.39. The first kappa shape index (κ1) is 35.1. The van der Waals surface area contributed by atoms with E-state index in [-0.39, 0.29) is 34.8 Å². The van der Waals surface area contributed by atoms with Gasteiger partial charge in [-0.05, 0) is 43.3 Å². The zero-order valence-electron chi connectivity index (χ0n) is 26.1. The van der Waals surface area contributed by atoms with Gasteiger partial charge in [-0.3, -0.25) is 9.59 Å². The first-order valence-corrected chi connectivity index (χ1v) is 17.1. The molecule has 0 bridgehead atoms. The van der Waals surface area contributed by atoms with Gasteiger partial charge in [-0.25, -0.2) is 19.2 Å². The number of aromatic nitrogens is 2. The van der Waals surface area contributed by atoms with E-state index < -0.39 is 74.6 Å². The number of benzene rings is 1. The van der Waals surface area contributed by atoms with Gasteiger partial charge in [0.1, 0.15) is 13.2 Å². The third-order valence-corrected chi connectivity index (χ3v) is 12.7. The number of aliphatic hydroxyl groups excluding tert-OH is 1. The van der Waals surface area contributed by atoms with Crippen molar-refractivity contribution in [1.29, 1.82) is 0 Å². The number of carboxylic acid groups (broad SMARTS) is 1. The van der Waals surface area contributed by atoms with Crippen molar-refractivity contribution in [3.05, 3.63) is 59.6 Å². The Labute approximate surface area is 260 Å². The molecule has 2 heterocycles. The summed E-state index contributed by atoms with van der Waals surface area (Å²) in [6, 6.07) is 2.75. The van der Waals surface area contributed by atoms with Gasteiger partial charge in [0.15, 0.2) is 14.1 Å². The van der Waals surface area contributed by atoms with Crippen LogP contribution in [-0.2, 0) is 23.5 Å². The van der Waals surface area contributed by atoms with Gasteiger partial charge in [0.2, 0.25) is 12.1 Å². The summed E-state index contributed by atoms with van der Waals surface area (Å²) in [5, 5.41) is 19.5. The van der Waals surface area contributed by atoms with Crippen LogP contribution in [0.5, 0.6) is 0 Å². The Kier molecular flexibility index (Phi) is 10.4. The van der Waals surface area contributed by atoms with Crippen molar-refractivity contribution in [2.24, 2.45) is 5.92 Å². The van der Waals surface area contributed by atoms with Crippen molar-refractivity contribution in [3.63, 3.8) is 0 Å². The molecule has 45 heavy (non-hydrogen) atoms. The van der Waals surface area contributed by atoms with Crippen LogP contribution in [-0.4, -0.2) is 94.0 Å². The Morgan fingerprint density at radius 1 is 1.00 bits per heavy atom. The largest absolute Gasteiger partial charge is 0.478 e. The number of hydrogen-bond donors (Lipinski definition) is 2. The highest BCUT2D eigenvalue weighted by Gasteiger charge is 2.56. The number of fused-ring (bicyclic) bond motifs is 1. The number of ketones is 1. The van der Waals surface area contributed by atoms with Gasteiger partial charge in [0, 0.05) is 12.0 Å². The summed E-state index contributed by atoms with van der Waals surface area (Å²) in [5.41, 5.74) is -1.33. The molecule has 1 aromatic carbocycles. The van der Waals surface area contributed by atoms with E-state index in [0.717, 1.165) is 4.90 Å². The monoisotopic (exact) mass is 645 g/mol. The second-order valence-electron chi connectivity index (χ2n) is 12.1. The highest BCUT2D eigenvalue weighted by Crippen LogP contribution is 2.41. The van der Waals surface area contributed by atoms with Crippen LogP contribution in [0.4, 0.5) is 9.59 Å². The lowest BCUT2D eigenvalue weighted by Crippen LogP contribution is -2.70. The van der Waals surface area contributed by atoms with Crippen LogP contribution in [0, 0.1) is 5.92 Å². The summed E-state index contributed by atoms with van der Waals surface area (Å²) >= 11 is 0. The number of hydrogen-bond acceptors (Lipinski definition) is 10. The number of aliphatic carboxylic acids is 1. The molecule has 1 amide bonds. The number of imidazole rings is 1. The third kappa shape index (κ3) is 6.84. The number of carboxylic acids is 1. The number of carbonyl (C=O) groups is 5. The SMILES string of the molecule is C=CCOC(=O)n1c(=O)n(C(=O)OCC=C)c2cc(C(=O)C[C@@H]3[C@@H]([C@@H](C)O[Si](C)(C)C(C)(C)C)C(=O)N3C(O)C(=O)O)ccc21. The molecule has 1 aromatic heterocycles. The van der Waals surface area contributed by atoms with Gasteiger partial charge in [-0.15, -0.1) is 0 Å². The summed E-state index contributed by atoms with van der Waals surface area (Å²) in [7, 11) is -2.39. The topological polar surface area (TPSA) is 184 Å². The van der Waals surface area contributed by atoms with Crippen molar-refractivity contribution < 1.29 is 48.1 Å². The highest BCUT2D eigenvalue weighted by molar-refractivity contribution is 6.74. The Morgan fingerprint density at radius 3 is 2.02 bits per heavy atom. The summed E-state index contributed by atoms with van der Waals surface area (Å²) < 4.78 is 17.6. The molecule has 0 radical (unpaired) electrons. The maximum atomic E-state index is 13.6. The molecular weight excluding hydrogens is 606 g/mol. The van der Waals surface area contributed by atoms with E-state index in [1.54, 1.807) is 6.92 Å². The molecule has 0 aliphatic carbocycles. The van der Waals surface area contributed by atoms with Gasteiger partial charge in [0.05, 0.1) is 29.1 Å². The lowest BCUT2D eigenvalue weighted by Gasteiger charge is -2.51. The fraction of sp³-hybridized carbons (Fsp3) is 0.467. The number of aliphatic hydroxyl groups is 1. The number of β-lactam (4-membered cyclic amide) rings is 1. The van der Waals surface area contributed by atoms with Gasteiger partial charge < -0.3 is 29.0 Å². The first-order chi connectivity index (χ1) is 20.9. The molecule has 1 aliphatic heterocycles. The van der Waals surface area contributed by atoms with Crippen molar-refractivity contribution in [2.75, 3.05) is 13.2 Å². The molecule has 1 fully saturated rings. The molecule has 3 rings (SSSR count). The van der Waals surface area contributed by atoms with Crippen LogP contribution >= 0.6 is 0 Å². The maximum absolute atomic E-state index is 13.6. The Balaban J connectivity index is 2.04. The fourth-order valence-electron chi connectivity index (χ4n) is 4.89. The highest BCUT2D eigenvalue weighted by atomic mass is 28.4. The summed E-state index contributed by atoms with van der Waals surface area (Å²) in [4.78, 5) is 77.8. The van der Waals surface area contributed by atoms with Crippen molar-refractivity contribution in [2.45, 2.75) is 70.6 Å². The Morgan fingerprint density at radius 2 is 1.53 bits per heavy atom. The molecular formula is C30H39N3O11Si. The fourth-order valence-corrected chi connectivity index (χ4v) is 6.32. The predicted molar refractivity (Wildman–Crippen MR) is 165 cm³/mol. The molecule has 14 nitrogen and oxygen atoms in total. The molecule has 1 unspecified atom stereocenters. The molecule has 15 heteroatoms. The van der Waals surface area contributed by atoms with Crippen LogP contribution in [0.3, 0.4) is 0 Å². The zero-order chi connectivity index (χ0) is 34.0. The first-order valence-electron chi connectivity index (χ1n) is 14.2. The number of likely N-dealkylation sites (tertiary alicyclic amines) is 1. The van der Waals surface area contributed by atoms with Gasteiger partial charge >= 0.3 is 23.8 Å². The lowest BCUT2D eigenvalue weighted by atomic mass is 9.79. The Hall–Kier alpha value is -4.34. The van der Waals surface area contributed by atoms with E-state index in [2.05, 4.69) is 13.2 Å². The van der Waals surface area contributed by atoms with Crippen molar-refractivity contribution >= 4 is 49.2 Å². The molecule has 1 saturated heterocycles. The van der Waals surface area contributed by atoms with Gasteiger partial charge in [-0.1, -0.05) is 46.1 Å². The number of ether oxygens (including phenoxy) is 2. The summed E-state index contributed by atoms with van der Waals surface area (Å²) in [6.45, 7) is 18.2. The van der Waals surface area contributed by atoms with E-state index >= 15 is 0 Å².